The number of benzene rings is 2. The van der Waals surface area contributed by atoms with Crippen molar-refractivity contribution in [1.82, 2.24) is 10.6 Å². The number of hydrogen-bond donors (Lipinski definition) is 2. The minimum Gasteiger partial charge on any atom is -0.466 e. The van der Waals surface area contributed by atoms with Crippen LogP contribution in [0.1, 0.15) is 56.2 Å². The zero-order chi connectivity index (χ0) is 21.6. The molecule has 0 spiro atoms. The largest absolute Gasteiger partial charge is 0.466 e. The van der Waals surface area contributed by atoms with Gasteiger partial charge in [-0.15, -0.1) is 0 Å². The molecule has 0 fully saturated rings. The Labute approximate surface area is 184 Å². The van der Waals surface area contributed by atoms with Crippen LogP contribution in [0.25, 0.3) is 0 Å². The Morgan fingerprint density at radius 1 is 0.967 bits per heavy atom. The molecule has 2 N–H and O–H groups in total. The highest BCUT2D eigenvalue weighted by Gasteiger charge is 2.12. The maximum absolute atomic E-state index is 12.1. The Morgan fingerprint density at radius 3 is 2.30 bits per heavy atom. The van der Waals surface area contributed by atoms with Crippen LogP contribution in [0.15, 0.2) is 60.7 Å². The third kappa shape index (κ3) is 9.18. The fraction of sp³-hybridized carbons (Fsp3) is 0.375. The number of carbonyl (C=O) groups excluding carboxylic acids is 2. The molecule has 0 aliphatic rings. The van der Waals surface area contributed by atoms with Crippen molar-refractivity contribution in [1.29, 1.82) is 0 Å². The summed E-state index contributed by atoms with van der Waals surface area (Å²) in [5.74, 6) is -0.473. The van der Waals surface area contributed by atoms with Gasteiger partial charge in [0.1, 0.15) is 0 Å². The topological polar surface area (TPSA) is 67.4 Å². The Morgan fingerprint density at radius 2 is 1.63 bits per heavy atom. The van der Waals surface area contributed by atoms with Crippen LogP contribution < -0.4 is 10.6 Å². The van der Waals surface area contributed by atoms with E-state index in [0.717, 1.165) is 24.8 Å². The summed E-state index contributed by atoms with van der Waals surface area (Å²) < 4.78 is 5.23. The van der Waals surface area contributed by atoms with Crippen LogP contribution in [-0.2, 0) is 20.7 Å². The lowest BCUT2D eigenvalue weighted by Crippen LogP contribution is -2.40. The maximum Gasteiger partial charge on any atom is 0.305 e. The normalized spacial score (nSPS) is 11.4. The third-order valence-corrected chi connectivity index (χ3v) is 4.89. The second kappa shape index (κ2) is 13.5. The molecule has 0 saturated heterocycles. The van der Waals surface area contributed by atoms with Crippen molar-refractivity contribution < 1.29 is 14.3 Å². The highest BCUT2D eigenvalue weighted by atomic mass is 32.1. The van der Waals surface area contributed by atoms with Crippen molar-refractivity contribution in [3.05, 3.63) is 71.8 Å². The molecule has 1 amide bonds. The quantitative estimate of drug-likeness (QED) is 0.315. The van der Waals surface area contributed by atoms with Gasteiger partial charge in [-0.25, -0.2) is 0 Å². The highest BCUT2D eigenvalue weighted by molar-refractivity contribution is 7.80. The zero-order valence-corrected chi connectivity index (χ0v) is 18.3. The molecule has 5 nitrogen and oxygen atoms in total. The van der Waals surface area contributed by atoms with E-state index in [1.807, 2.05) is 48.5 Å². The van der Waals surface area contributed by atoms with Crippen LogP contribution in [0.3, 0.4) is 0 Å². The molecule has 2 aromatic carbocycles. The summed E-state index contributed by atoms with van der Waals surface area (Å²) in [6, 6.07) is 20.1. The predicted molar refractivity (Wildman–Crippen MR) is 123 cm³/mol. The van der Waals surface area contributed by atoms with Crippen molar-refractivity contribution in [3.8, 4) is 0 Å². The van der Waals surface area contributed by atoms with Gasteiger partial charge in [-0.2, -0.15) is 0 Å². The molecule has 0 aliphatic carbocycles. The first-order valence-corrected chi connectivity index (χ1v) is 10.8. The summed E-state index contributed by atoms with van der Waals surface area (Å²) in [4.78, 5) is 23.9. The van der Waals surface area contributed by atoms with Gasteiger partial charge in [-0.1, -0.05) is 67.6 Å². The third-order valence-electron chi connectivity index (χ3n) is 4.67. The lowest BCUT2D eigenvalue weighted by molar-refractivity contribution is -0.143. The van der Waals surface area contributed by atoms with Crippen LogP contribution in [0.2, 0.25) is 0 Å². The molecule has 160 valence electrons. The molecule has 6 heteroatoms. The predicted octanol–water partition coefficient (Wildman–Crippen LogP) is 4.47. The van der Waals surface area contributed by atoms with E-state index in [1.165, 1.54) is 5.56 Å². The lowest BCUT2D eigenvalue weighted by atomic mass is 10.1. The number of thiocarbonyl (C=S) groups is 1. The van der Waals surface area contributed by atoms with Crippen LogP contribution >= 0.6 is 12.2 Å². The second-order valence-corrected chi connectivity index (χ2v) is 7.46. The number of esters is 1. The Balaban J connectivity index is 1.57. The molecule has 1 unspecified atom stereocenters. The molecule has 0 heterocycles. The molecule has 0 bridgehead atoms. The van der Waals surface area contributed by atoms with E-state index in [2.05, 4.69) is 29.7 Å². The van der Waals surface area contributed by atoms with E-state index < -0.39 is 0 Å². The van der Waals surface area contributed by atoms with Crippen molar-refractivity contribution in [2.24, 2.45) is 0 Å². The van der Waals surface area contributed by atoms with E-state index in [9.17, 15) is 9.59 Å². The van der Waals surface area contributed by atoms with Crippen molar-refractivity contribution >= 4 is 29.2 Å². The Hall–Kier alpha value is -2.73. The van der Waals surface area contributed by atoms with Gasteiger partial charge < -0.3 is 15.4 Å². The minimum atomic E-state index is -0.272. The first-order valence-electron chi connectivity index (χ1n) is 10.4. The van der Waals surface area contributed by atoms with Crippen molar-refractivity contribution in [2.45, 2.75) is 51.5 Å². The van der Waals surface area contributed by atoms with Gasteiger partial charge in [0, 0.05) is 12.8 Å². The van der Waals surface area contributed by atoms with Crippen molar-refractivity contribution in [3.63, 3.8) is 0 Å². The number of aryl methyl sites for hydroxylation is 1. The van der Waals surface area contributed by atoms with Gasteiger partial charge in [-0.3, -0.25) is 9.59 Å². The van der Waals surface area contributed by atoms with Gasteiger partial charge in [0.25, 0.3) is 0 Å². The summed E-state index contributed by atoms with van der Waals surface area (Å²) in [5, 5.41) is 6.16. The van der Waals surface area contributed by atoms with Crippen LogP contribution in [0.5, 0.6) is 0 Å². The summed E-state index contributed by atoms with van der Waals surface area (Å²) in [6.07, 6.45) is 3.39. The zero-order valence-electron chi connectivity index (χ0n) is 17.4. The first-order chi connectivity index (χ1) is 14.6. The second-order valence-electron chi connectivity index (χ2n) is 7.06. The van der Waals surface area contributed by atoms with E-state index >= 15 is 0 Å². The van der Waals surface area contributed by atoms with Crippen LogP contribution in [-0.4, -0.2) is 23.6 Å². The molecule has 0 saturated carbocycles. The number of amides is 1. The Kier molecular flexibility index (Phi) is 10.6. The molecular weight excluding hydrogens is 396 g/mol. The molecule has 1 atom stereocenters. The SMILES string of the molecule is CCC(NC(=S)NC(=O)CCCC(=O)OCCCc1ccccc1)c1ccccc1. The van der Waals surface area contributed by atoms with E-state index in [0.29, 0.717) is 18.1 Å². The average molecular weight is 427 g/mol. The summed E-state index contributed by atoms with van der Waals surface area (Å²) in [7, 11) is 0. The summed E-state index contributed by atoms with van der Waals surface area (Å²) >= 11 is 5.25. The first kappa shape index (κ1) is 23.5. The average Bonchev–Trinajstić information content (AvgIpc) is 2.76. The molecule has 2 rings (SSSR count). The highest BCUT2D eigenvalue weighted by Crippen LogP contribution is 2.15. The van der Waals surface area contributed by atoms with Gasteiger partial charge in [0.15, 0.2) is 5.11 Å². The number of rotatable bonds is 11. The van der Waals surface area contributed by atoms with Gasteiger partial charge >= 0.3 is 5.97 Å². The molecule has 0 aliphatic heterocycles. The molecule has 0 radical (unpaired) electrons. The summed E-state index contributed by atoms with van der Waals surface area (Å²) in [6.45, 7) is 2.45. The number of ether oxygens (including phenoxy) is 1. The molecule has 30 heavy (non-hydrogen) atoms. The number of nitrogens with one attached hydrogen (secondary N) is 2. The van der Waals surface area contributed by atoms with Gasteiger partial charge in [0.05, 0.1) is 12.6 Å². The lowest BCUT2D eigenvalue weighted by Gasteiger charge is -2.19. The smallest absolute Gasteiger partial charge is 0.305 e. The monoisotopic (exact) mass is 426 g/mol. The molecular formula is C24H30N2O3S. The maximum atomic E-state index is 12.1. The van der Waals surface area contributed by atoms with E-state index in [4.69, 9.17) is 17.0 Å². The van der Waals surface area contributed by atoms with Crippen LogP contribution in [0, 0.1) is 0 Å². The Bertz CT molecular complexity index is 797. The summed E-state index contributed by atoms with van der Waals surface area (Å²) in [5.41, 5.74) is 2.35. The van der Waals surface area contributed by atoms with E-state index in [-0.39, 0.29) is 30.8 Å². The standard InChI is InChI=1S/C24H30N2O3S/c1-2-21(20-14-7-4-8-15-20)25-24(30)26-22(27)16-9-17-23(28)29-18-10-13-19-11-5-3-6-12-19/h3-8,11-12,14-15,21H,2,9-10,13,16-18H2,1H3,(H2,25,26,27,30). The fourth-order valence-corrected chi connectivity index (χ4v) is 3.32. The van der Waals surface area contributed by atoms with E-state index in [1.54, 1.807) is 0 Å². The van der Waals surface area contributed by atoms with Gasteiger partial charge in [0.2, 0.25) is 5.91 Å². The minimum absolute atomic E-state index is 0.0462. The van der Waals surface area contributed by atoms with Crippen LogP contribution in [0.4, 0.5) is 0 Å². The number of carbonyl (C=O) groups is 2. The van der Waals surface area contributed by atoms with Crippen molar-refractivity contribution in [2.75, 3.05) is 6.61 Å². The van der Waals surface area contributed by atoms with Gasteiger partial charge in [-0.05, 0) is 49.0 Å². The molecule has 2 aromatic rings. The number of hydrogen-bond acceptors (Lipinski definition) is 4. The molecule has 0 aromatic heterocycles. The fourth-order valence-electron chi connectivity index (χ4n) is 3.06.